The van der Waals surface area contributed by atoms with Gasteiger partial charge in [0.15, 0.2) is 4.30 Å². The van der Waals surface area contributed by atoms with E-state index in [0.717, 1.165) is 44.2 Å². The first kappa shape index (κ1) is 37.8. The molecule has 2 aromatic carbocycles. The van der Waals surface area contributed by atoms with Crippen LogP contribution in [0.4, 0.5) is 0 Å². The van der Waals surface area contributed by atoms with Crippen LogP contribution in [0.15, 0.2) is 107 Å². The van der Waals surface area contributed by atoms with Crippen molar-refractivity contribution < 1.29 is 29.0 Å². The summed E-state index contributed by atoms with van der Waals surface area (Å²) in [4.78, 5) is 0. The van der Waals surface area contributed by atoms with E-state index in [1.54, 1.807) is 36.2 Å². The average molecular weight is 808 g/mol. The largest absolute Gasteiger partial charge is 0.344 e. The number of pyridine rings is 2. The van der Waals surface area contributed by atoms with Crippen LogP contribution < -0.4 is 9.46 Å². The number of hydrogen-bond acceptors (Lipinski definition) is 5. The first-order chi connectivity index (χ1) is 21.6. The molecular weight excluding hydrogens is 777 g/mol. The Labute approximate surface area is 309 Å². The van der Waals surface area contributed by atoms with Crippen LogP contribution in [0.25, 0.3) is 0 Å². The fourth-order valence-corrected chi connectivity index (χ4v) is 7.97. The van der Waals surface area contributed by atoms with E-state index >= 15 is 0 Å². The van der Waals surface area contributed by atoms with Crippen LogP contribution in [0.5, 0.6) is 0 Å². The summed E-state index contributed by atoms with van der Waals surface area (Å²) in [7, 11) is -3.12. The van der Waals surface area contributed by atoms with Crippen molar-refractivity contribution in [1.82, 2.24) is 0 Å². The molecule has 0 bridgehead atoms. The smallest absolute Gasteiger partial charge is 0.290 e. The second-order valence-corrected chi connectivity index (χ2v) is 18.7. The van der Waals surface area contributed by atoms with Crippen molar-refractivity contribution in [3.63, 3.8) is 0 Å². The maximum atomic E-state index is 10.3. The van der Waals surface area contributed by atoms with Crippen LogP contribution in [-0.4, -0.2) is 32.5 Å². The molecule has 2 aliphatic rings. The van der Waals surface area contributed by atoms with E-state index in [1.165, 1.54) is 23.4 Å². The maximum absolute atomic E-state index is 10.3. The summed E-state index contributed by atoms with van der Waals surface area (Å²) >= 11 is 40.2. The monoisotopic (exact) mass is 804 g/mol. The highest BCUT2D eigenvalue weighted by molar-refractivity contribution is 8.23. The molecule has 2 fully saturated rings. The number of nitrogens with zero attached hydrogens (tertiary/aromatic N) is 2. The molecule has 2 unspecified atom stereocenters. The van der Waals surface area contributed by atoms with Crippen molar-refractivity contribution in [3.05, 3.63) is 120 Å². The highest BCUT2D eigenvalue weighted by Gasteiger charge is 2.53. The number of alkyl halides is 7. The van der Waals surface area contributed by atoms with Crippen molar-refractivity contribution in [2.45, 2.75) is 59.2 Å². The summed E-state index contributed by atoms with van der Waals surface area (Å²) in [5.74, 6) is 1.25. The summed E-state index contributed by atoms with van der Waals surface area (Å²) in [5.41, 5.74) is 4.21. The molecule has 2 atom stereocenters. The predicted molar refractivity (Wildman–Crippen MR) is 190 cm³/mol. The Balaban J connectivity index is 0.000000188. The van der Waals surface area contributed by atoms with Gasteiger partial charge in [-0.1, -0.05) is 83.3 Å². The summed E-state index contributed by atoms with van der Waals surface area (Å²) in [6.07, 6.45) is 4.55. The molecule has 248 valence electrons. The minimum absolute atomic E-state index is 0.0371. The number of aromatic nitrogens is 2. The zero-order chi connectivity index (χ0) is 33.7. The zero-order valence-electron chi connectivity index (χ0n) is 23.9. The third-order valence-electron chi connectivity index (χ3n) is 7.11. The van der Waals surface area contributed by atoms with Crippen LogP contribution in [0.1, 0.15) is 46.9 Å². The molecule has 0 spiro atoms. The van der Waals surface area contributed by atoms with Crippen molar-refractivity contribution in [2.75, 3.05) is 0 Å². The van der Waals surface area contributed by atoms with Gasteiger partial charge in [-0.15, -0.1) is 57.0 Å². The van der Waals surface area contributed by atoms with E-state index < -0.39 is 23.6 Å². The standard InChI is InChI=1S/C15H15Cl2NO3S.C15H14Cl2NOS.CHCl3/c16-15(17)9-13(15)12-6-4-11(5-7-12)10-22(20,21)14-3-1-2-8-18(14)19;16-15(17)9-13(15)12-6-4-11(5-7-12)10-20-14-3-1-2-8-18(14)19;2-1(3)4/h1-8,13H,9-10H2,(H2-,19,20,21);1-8,13,19H,9-10H2;1H/q;+1;/p+1. The lowest BCUT2D eigenvalue weighted by Crippen LogP contribution is -2.35. The molecule has 2 aliphatic carbocycles. The lowest BCUT2D eigenvalue weighted by molar-refractivity contribution is -0.933. The van der Waals surface area contributed by atoms with Crippen molar-refractivity contribution in [3.8, 4) is 0 Å². The Morgan fingerprint density at radius 2 is 1.13 bits per heavy atom. The van der Waals surface area contributed by atoms with Gasteiger partial charge in [-0.25, -0.2) is 0 Å². The summed E-state index contributed by atoms with van der Waals surface area (Å²) < 4.78 is 20.5. The number of rotatable bonds is 8. The minimum Gasteiger partial charge on any atom is -0.290 e. The van der Waals surface area contributed by atoms with Gasteiger partial charge in [-0.05, 0) is 59.0 Å². The van der Waals surface area contributed by atoms with Gasteiger partial charge in [-0.2, -0.15) is 0 Å². The molecule has 2 aromatic heterocycles. The van der Waals surface area contributed by atoms with Gasteiger partial charge in [0.1, 0.15) is 8.67 Å². The first-order valence-corrected chi connectivity index (χ1v) is 19.3. The Morgan fingerprint density at radius 1 is 0.696 bits per heavy atom. The van der Waals surface area contributed by atoms with Gasteiger partial charge in [0.05, 0.1) is 5.75 Å². The quantitative estimate of drug-likeness (QED) is 0.0616. The Morgan fingerprint density at radius 3 is 1.57 bits per heavy atom. The van der Waals surface area contributed by atoms with Gasteiger partial charge in [0.2, 0.25) is 12.4 Å². The van der Waals surface area contributed by atoms with E-state index in [-0.39, 0.29) is 22.6 Å². The van der Waals surface area contributed by atoms with Crippen molar-refractivity contribution in [2.24, 2.45) is 0 Å². The molecule has 0 radical (unpaired) electrons. The zero-order valence-corrected chi connectivity index (χ0v) is 30.9. The van der Waals surface area contributed by atoms with Gasteiger partial charge in [0, 0.05) is 51.3 Å². The van der Waals surface area contributed by atoms with Crippen LogP contribution in [0.2, 0.25) is 0 Å². The third kappa shape index (κ3) is 11.0. The minimum atomic E-state index is -3.12. The number of thioether (sulfide) groups is 1. The lowest BCUT2D eigenvalue weighted by Gasteiger charge is -2.27. The average Bonchev–Trinajstić information content (AvgIpc) is 3.85. The fraction of sp³-hybridized carbons (Fsp3) is 0.290. The highest BCUT2D eigenvalue weighted by atomic mass is 35.6. The summed E-state index contributed by atoms with van der Waals surface area (Å²) in [6.45, 7) is 0. The van der Waals surface area contributed by atoms with E-state index in [0.29, 0.717) is 0 Å². The Kier molecular flexibility index (Phi) is 13.3. The molecule has 6 nitrogen and oxygen atoms in total. The van der Waals surface area contributed by atoms with Gasteiger partial charge in [-0.3, -0.25) is 19.5 Å². The first-order valence-electron chi connectivity index (χ1n) is 13.7. The topological polar surface area (TPSA) is 88.7 Å². The molecule has 2 saturated carbocycles. The maximum Gasteiger partial charge on any atom is 0.344 e. The molecule has 4 N–H and O–H groups in total. The second-order valence-electron chi connectivity index (χ2n) is 10.6. The third-order valence-corrected chi connectivity index (χ3v) is 11.6. The van der Waals surface area contributed by atoms with Gasteiger partial charge >= 0.3 is 5.03 Å². The SMILES string of the molecule is ClC(Cl)Cl.O[n+]1ccccc1S(O)(O)Cc1ccc(C2CC2(Cl)Cl)cc1.O[n+]1ccccc1SCc1ccc(C2CC2(Cl)Cl)cc1. The number of hydrogen-bond donors (Lipinski definition) is 4. The molecule has 2 heterocycles. The van der Waals surface area contributed by atoms with Crippen molar-refractivity contribution in [1.29, 1.82) is 0 Å². The molecule has 0 saturated heterocycles. The van der Waals surface area contributed by atoms with Gasteiger partial charge in [0.25, 0.3) is 5.03 Å². The fourth-order valence-electron chi connectivity index (χ4n) is 4.52. The summed E-state index contributed by atoms with van der Waals surface area (Å²) in [5, 5.41) is 20.2. The molecule has 4 aromatic rings. The van der Waals surface area contributed by atoms with Gasteiger partial charge < -0.3 is 0 Å². The Bertz CT molecular complexity index is 1590. The molecular formula is C31H31Cl7N2O4S2+2. The van der Waals surface area contributed by atoms with Crippen LogP contribution >= 0.6 is 104 Å². The highest BCUT2D eigenvalue weighted by Crippen LogP contribution is 2.60. The predicted octanol–water partition coefficient (Wildman–Crippen LogP) is 10.3. The normalized spacial score (nSPS) is 19.3. The number of benzene rings is 2. The molecule has 6 rings (SSSR count). The lowest BCUT2D eigenvalue weighted by atomic mass is 10.1. The van der Waals surface area contributed by atoms with Crippen LogP contribution in [0, 0.1) is 0 Å². The van der Waals surface area contributed by atoms with E-state index in [2.05, 4.69) is 24.3 Å². The van der Waals surface area contributed by atoms with E-state index in [9.17, 15) is 19.5 Å². The molecule has 15 heteroatoms. The van der Waals surface area contributed by atoms with Crippen molar-refractivity contribution >= 4 is 104 Å². The molecule has 46 heavy (non-hydrogen) atoms. The second kappa shape index (κ2) is 16.1. The van der Waals surface area contributed by atoms with Crippen LogP contribution in [0.3, 0.4) is 0 Å². The molecule has 0 amide bonds. The number of halogens is 7. The summed E-state index contributed by atoms with van der Waals surface area (Å²) in [6, 6.07) is 26.2. The van der Waals surface area contributed by atoms with E-state index in [4.69, 9.17) is 81.2 Å². The Hall–Kier alpha value is -1.01. The molecule has 0 aliphatic heterocycles. The van der Waals surface area contributed by atoms with E-state index in [1.807, 2.05) is 36.4 Å². The van der Waals surface area contributed by atoms with Crippen LogP contribution in [-0.2, 0) is 11.5 Å².